The molecule has 1 heterocycles. The molecule has 2 atom stereocenters. The van der Waals surface area contributed by atoms with Gasteiger partial charge < -0.3 is 9.80 Å². The van der Waals surface area contributed by atoms with Gasteiger partial charge in [0.2, 0.25) is 5.91 Å². The first-order valence-electron chi connectivity index (χ1n) is 7.37. The van der Waals surface area contributed by atoms with Crippen LogP contribution in [-0.4, -0.2) is 40.9 Å². The highest BCUT2D eigenvalue weighted by Crippen LogP contribution is 2.33. The van der Waals surface area contributed by atoms with Crippen molar-refractivity contribution in [2.45, 2.75) is 46.3 Å². The summed E-state index contributed by atoms with van der Waals surface area (Å²) < 4.78 is 0. The molecule has 2 amide bonds. The van der Waals surface area contributed by atoms with Gasteiger partial charge in [0.05, 0.1) is 0 Å². The minimum atomic E-state index is -0.235. The molecule has 1 aromatic carbocycles. The van der Waals surface area contributed by atoms with Gasteiger partial charge in [-0.05, 0) is 19.1 Å². The molecule has 0 unspecified atom stereocenters. The smallest absolute Gasteiger partial charge is 0.255 e. The summed E-state index contributed by atoms with van der Waals surface area (Å²) in [5.74, 6) is 0.0851. The number of nitrogens with zero attached hydrogens (tertiary/aromatic N) is 2. The summed E-state index contributed by atoms with van der Waals surface area (Å²) in [4.78, 5) is 28.6. The highest BCUT2D eigenvalue weighted by atomic mass is 16.2. The fraction of sp³-hybridized carbons (Fsp3) is 0.529. The summed E-state index contributed by atoms with van der Waals surface area (Å²) in [5, 5.41) is 0. The van der Waals surface area contributed by atoms with Crippen molar-refractivity contribution in [3.63, 3.8) is 0 Å². The van der Waals surface area contributed by atoms with E-state index in [0.717, 1.165) is 0 Å². The van der Waals surface area contributed by atoms with Crippen LogP contribution in [0.2, 0.25) is 0 Å². The number of rotatable bonds is 1. The molecule has 4 heteroatoms. The van der Waals surface area contributed by atoms with Gasteiger partial charge >= 0.3 is 0 Å². The Hall–Kier alpha value is -1.84. The summed E-state index contributed by atoms with van der Waals surface area (Å²) in [6, 6.07) is 9.18. The third-order valence-corrected chi connectivity index (χ3v) is 4.00. The second kappa shape index (κ2) is 5.51. The molecule has 4 nitrogen and oxygen atoms in total. The molecular formula is C17H24N2O2. The van der Waals surface area contributed by atoms with E-state index in [9.17, 15) is 9.59 Å². The van der Waals surface area contributed by atoms with Crippen molar-refractivity contribution in [3.05, 3.63) is 35.9 Å². The molecule has 114 valence electrons. The van der Waals surface area contributed by atoms with Gasteiger partial charge in [0.15, 0.2) is 0 Å². The first-order valence-corrected chi connectivity index (χ1v) is 7.37. The van der Waals surface area contributed by atoms with Crippen LogP contribution >= 0.6 is 0 Å². The van der Waals surface area contributed by atoms with E-state index in [-0.39, 0.29) is 29.4 Å². The van der Waals surface area contributed by atoms with Gasteiger partial charge in [0.25, 0.3) is 5.91 Å². The summed E-state index contributed by atoms with van der Waals surface area (Å²) in [7, 11) is 1.79. The molecule has 1 aliphatic rings. The lowest BCUT2D eigenvalue weighted by atomic mass is 9.86. The van der Waals surface area contributed by atoms with Crippen LogP contribution in [0.15, 0.2) is 30.3 Å². The zero-order chi connectivity index (χ0) is 15.8. The Balaban J connectivity index is 2.42. The lowest BCUT2D eigenvalue weighted by Crippen LogP contribution is -2.64. The Bertz CT molecular complexity index is 533. The van der Waals surface area contributed by atoms with Crippen molar-refractivity contribution in [1.29, 1.82) is 0 Å². The van der Waals surface area contributed by atoms with Crippen molar-refractivity contribution in [3.8, 4) is 0 Å². The molecule has 0 radical (unpaired) electrons. The zero-order valence-electron chi connectivity index (χ0n) is 13.5. The van der Waals surface area contributed by atoms with E-state index >= 15 is 0 Å². The maximum absolute atomic E-state index is 12.9. The van der Waals surface area contributed by atoms with Crippen molar-refractivity contribution in [1.82, 2.24) is 9.80 Å². The van der Waals surface area contributed by atoms with E-state index in [4.69, 9.17) is 0 Å². The standard InChI is InChI=1S/C17H24N2O2/c1-12-11-14(20)18(5)16(17(2,3)4)19(12)15(21)13-9-7-6-8-10-13/h6-10,12,16H,11H2,1-5H3/t12-,16-/m0/s1. The maximum atomic E-state index is 12.9. The molecule has 0 N–H and O–H groups in total. The topological polar surface area (TPSA) is 40.6 Å². The second-order valence-electron chi connectivity index (χ2n) is 6.88. The largest absolute Gasteiger partial charge is 0.325 e. The lowest BCUT2D eigenvalue weighted by Gasteiger charge is -2.51. The fourth-order valence-corrected chi connectivity index (χ4v) is 3.10. The molecule has 0 aliphatic carbocycles. The summed E-state index contributed by atoms with van der Waals surface area (Å²) in [5.41, 5.74) is 0.463. The summed E-state index contributed by atoms with van der Waals surface area (Å²) >= 11 is 0. The van der Waals surface area contributed by atoms with Gasteiger partial charge in [-0.15, -0.1) is 0 Å². The van der Waals surface area contributed by atoms with Crippen molar-refractivity contribution in [2.24, 2.45) is 5.41 Å². The number of hydrogen-bond acceptors (Lipinski definition) is 2. The summed E-state index contributed by atoms with van der Waals surface area (Å²) in [6.07, 6.45) is 0.142. The molecule has 1 saturated heterocycles. The Labute approximate surface area is 126 Å². The first-order chi connectivity index (χ1) is 9.73. The normalized spacial score (nSPS) is 23.4. The third-order valence-electron chi connectivity index (χ3n) is 4.00. The minimum Gasteiger partial charge on any atom is -0.325 e. The van der Waals surface area contributed by atoms with Crippen LogP contribution in [0.1, 0.15) is 44.5 Å². The Morgan fingerprint density at radius 1 is 1.19 bits per heavy atom. The van der Waals surface area contributed by atoms with Crippen molar-refractivity contribution < 1.29 is 9.59 Å². The predicted molar refractivity (Wildman–Crippen MR) is 82.7 cm³/mol. The van der Waals surface area contributed by atoms with Gasteiger partial charge in [0, 0.05) is 30.5 Å². The zero-order valence-corrected chi connectivity index (χ0v) is 13.5. The van der Waals surface area contributed by atoms with Crippen LogP contribution in [0.3, 0.4) is 0 Å². The van der Waals surface area contributed by atoms with Crippen LogP contribution in [0, 0.1) is 5.41 Å². The van der Waals surface area contributed by atoms with Crippen molar-refractivity contribution in [2.75, 3.05) is 7.05 Å². The van der Waals surface area contributed by atoms with Gasteiger partial charge in [-0.25, -0.2) is 0 Å². The van der Waals surface area contributed by atoms with Crippen molar-refractivity contribution >= 4 is 11.8 Å². The molecule has 1 fully saturated rings. The number of amides is 2. The van der Waals surface area contributed by atoms with Crippen LogP contribution in [0.25, 0.3) is 0 Å². The fourth-order valence-electron chi connectivity index (χ4n) is 3.10. The average molecular weight is 288 g/mol. The average Bonchev–Trinajstić information content (AvgIpc) is 2.41. The second-order valence-corrected chi connectivity index (χ2v) is 6.88. The highest BCUT2D eigenvalue weighted by Gasteiger charge is 2.44. The van der Waals surface area contributed by atoms with Gasteiger partial charge in [-0.3, -0.25) is 9.59 Å². The molecule has 21 heavy (non-hydrogen) atoms. The molecule has 0 spiro atoms. The summed E-state index contributed by atoms with van der Waals surface area (Å²) in [6.45, 7) is 8.13. The quantitative estimate of drug-likeness (QED) is 0.797. The maximum Gasteiger partial charge on any atom is 0.255 e. The molecule has 0 saturated carbocycles. The number of hydrogen-bond donors (Lipinski definition) is 0. The monoisotopic (exact) mass is 288 g/mol. The van der Waals surface area contributed by atoms with Crippen LogP contribution < -0.4 is 0 Å². The van der Waals surface area contributed by atoms with Crippen LogP contribution in [0.4, 0.5) is 0 Å². The lowest BCUT2D eigenvalue weighted by molar-refractivity contribution is -0.149. The van der Waals surface area contributed by atoms with Crippen LogP contribution in [0.5, 0.6) is 0 Å². The Kier molecular flexibility index (Phi) is 4.08. The molecule has 0 aromatic heterocycles. The number of benzene rings is 1. The van der Waals surface area contributed by atoms with E-state index in [1.165, 1.54) is 0 Å². The van der Waals surface area contributed by atoms with Gasteiger partial charge in [0.1, 0.15) is 6.17 Å². The van der Waals surface area contributed by atoms with E-state index in [2.05, 4.69) is 20.8 Å². The van der Waals surface area contributed by atoms with E-state index < -0.39 is 0 Å². The van der Waals surface area contributed by atoms with Gasteiger partial charge in [-0.1, -0.05) is 39.0 Å². The number of carbonyl (C=O) groups excluding carboxylic acids is 2. The Morgan fingerprint density at radius 3 is 2.29 bits per heavy atom. The predicted octanol–water partition coefficient (Wildman–Crippen LogP) is 2.75. The van der Waals surface area contributed by atoms with Crippen LogP contribution in [-0.2, 0) is 4.79 Å². The first kappa shape index (κ1) is 15.5. The molecule has 2 rings (SSSR count). The highest BCUT2D eigenvalue weighted by molar-refractivity contribution is 5.95. The third kappa shape index (κ3) is 2.94. The molecule has 0 bridgehead atoms. The molecule has 1 aliphatic heterocycles. The minimum absolute atomic E-state index is 0.0117. The molecular weight excluding hydrogens is 264 g/mol. The number of carbonyl (C=O) groups is 2. The van der Waals surface area contributed by atoms with E-state index in [0.29, 0.717) is 12.0 Å². The Morgan fingerprint density at radius 2 is 1.76 bits per heavy atom. The molecule has 1 aromatic rings. The van der Waals surface area contributed by atoms with E-state index in [1.54, 1.807) is 11.9 Å². The van der Waals surface area contributed by atoms with E-state index in [1.807, 2.05) is 42.2 Å². The van der Waals surface area contributed by atoms with Gasteiger partial charge in [-0.2, -0.15) is 0 Å². The SMILES string of the molecule is C[C@H]1CC(=O)N(C)[C@H](C(C)(C)C)N1C(=O)c1ccccc1.